The standard InChI is InChI=1S/C20H22F2N2O3/c1-12(2)11-24-18(23-15-7-5-4-6-14(15)19(24)25)13-8-9-16(27-20(21)22)17(10-13)26-3/h4-10,12,18,20,23H,11H2,1-3H3. The number of methoxy groups -OCH3 is 1. The number of hydrogen-bond donors (Lipinski definition) is 1. The van der Waals surface area contributed by atoms with E-state index in [1.807, 2.05) is 32.0 Å². The number of halogens is 2. The number of carbonyl (C=O) groups excluding carboxylic acids is 1. The molecule has 0 saturated heterocycles. The zero-order valence-corrected chi connectivity index (χ0v) is 15.4. The minimum absolute atomic E-state index is 0.0470. The average molecular weight is 376 g/mol. The Bertz CT molecular complexity index is 827. The Morgan fingerprint density at radius 1 is 1.15 bits per heavy atom. The molecule has 5 nitrogen and oxygen atoms in total. The Hall–Kier alpha value is -2.83. The molecule has 1 atom stereocenters. The highest BCUT2D eigenvalue weighted by Crippen LogP contribution is 2.37. The Balaban J connectivity index is 2.01. The third kappa shape index (κ3) is 3.97. The average Bonchev–Trinajstić information content (AvgIpc) is 2.63. The van der Waals surface area contributed by atoms with E-state index in [4.69, 9.17) is 4.74 Å². The van der Waals surface area contributed by atoms with Gasteiger partial charge < -0.3 is 19.7 Å². The SMILES string of the molecule is COc1cc(C2Nc3ccccc3C(=O)N2CC(C)C)ccc1OC(F)F. The van der Waals surface area contributed by atoms with E-state index >= 15 is 0 Å². The predicted molar refractivity (Wildman–Crippen MR) is 98.3 cm³/mol. The summed E-state index contributed by atoms with van der Waals surface area (Å²) in [7, 11) is 1.39. The molecule has 1 amide bonds. The van der Waals surface area contributed by atoms with Gasteiger partial charge in [-0.2, -0.15) is 8.78 Å². The summed E-state index contributed by atoms with van der Waals surface area (Å²) in [6.07, 6.45) is -0.440. The van der Waals surface area contributed by atoms with Crippen molar-refractivity contribution < 1.29 is 23.0 Å². The van der Waals surface area contributed by atoms with E-state index in [1.54, 1.807) is 23.1 Å². The second-order valence-electron chi connectivity index (χ2n) is 6.73. The number of carbonyl (C=O) groups is 1. The van der Waals surface area contributed by atoms with Gasteiger partial charge in [0.25, 0.3) is 5.91 Å². The van der Waals surface area contributed by atoms with Crippen molar-refractivity contribution in [3.63, 3.8) is 0 Å². The third-order valence-electron chi connectivity index (χ3n) is 4.30. The number of amides is 1. The van der Waals surface area contributed by atoms with Crippen LogP contribution in [0.5, 0.6) is 11.5 Å². The first kappa shape index (κ1) is 18.9. The highest BCUT2D eigenvalue weighted by atomic mass is 19.3. The van der Waals surface area contributed by atoms with Crippen LogP contribution in [-0.2, 0) is 0 Å². The summed E-state index contributed by atoms with van der Waals surface area (Å²) in [6.45, 7) is 1.67. The summed E-state index contributed by atoms with van der Waals surface area (Å²) >= 11 is 0. The molecule has 1 aliphatic rings. The Labute approximate surface area is 156 Å². The first-order valence-corrected chi connectivity index (χ1v) is 8.70. The van der Waals surface area contributed by atoms with Gasteiger partial charge >= 0.3 is 6.61 Å². The molecule has 0 aromatic heterocycles. The second-order valence-corrected chi connectivity index (χ2v) is 6.73. The number of anilines is 1. The predicted octanol–water partition coefficient (Wildman–Crippen LogP) is 4.52. The van der Waals surface area contributed by atoms with Gasteiger partial charge in [0.15, 0.2) is 11.5 Å². The van der Waals surface area contributed by atoms with Crippen LogP contribution in [0.15, 0.2) is 42.5 Å². The van der Waals surface area contributed by atoms with Crippen LogP contribution >= 0.6 is 0 Å². The molecule has 0 fully saturated rings. The molecule has 0 spiro atoms. The van der Waals surface area contributed by atoms with Gasteiger partial charge in [-0.15, -0.1) is 0 Å². The summed E-state index contributed by atoms with van der Waals surface area (Å²) in [5.41, 5.74) is 2.07. The zero-order chi connectivity index (χ0) is 19.6. The molecule has 144 valence electrons. The number of hydrogen-bond acceptors (Lipinski definition) is 4. The van der Waals surface area contributed by atoms with Crippen molar-refractivity contribution in [3.05, 3.63) is 53.6 Å². The number of nitrogens with zero attached hydrogens (tertiary/aromatic N) is 1. The Morgan fingerprint density at radius 2 is 1.89 bits per heavy atom. The molecule has 27 heavy (non-hydrogen) atoms. The van der Waals surface area contributed by atoms with Crippen molar-refractivity contribution in [2.75, 3.05) is 19.0 Å². The van der Waals surface area contributed by atoms with Crippen molar-refractivity contribution in [2.45, 2.75) is 26.6 Å². The third-order valence-corrected chi connectivity index (χ3v) is 4.30. The minimum Gasteiger partial charge on any atom is -0.493 e. The maximum Gasteiger partial charge on any atom is 0.387 e. The quantitative estimate of drug-likeness (QED) is 0.805. The summed E-state index contributed by atoms with van der Waals surface area (Å²) in [6, 6.07) is 12.0. The molecular formula is C20H22F2N2O3. The number of para-hydroxylation sites is 1. The largest absolute Gasteiger partial charge is 0.493 e. The highest BCUT2D eigenvalue weighted by molar-refractivity contribution is 6.01. The van der Waals surface area contributed by atoms with E-state index in [1.165, 1.54) is 13.2 Å². The van der Waals surface area contributed by atoms with Gasteiger partial charge in [-0.3, -0.25) is 4.79 Å². The number of rotatable bonds is 6. The van der Waals surface area contributed by atoms with Crippen LogP contribution in [0.4, 0.5) is 14.5 Å². The van der Waals surface area contributed by atoms with Gasteiger partial charge in [0, 0.05) is 12.2 Å². The molecule has 1 aliphatic heterocycles. The van der Waals surface area contributed by atoms with Crippen LogP contribution in [0.25, 0.3) is 0 Å². The van der Waals surface area contributed by atoms with E-state index in [0.717, 1.165) is 11.3 Å². The van der Waals surface area contributed by atoms with Gasteiger partial charge in [0.05, 0.1) is 12.7 Å². The normalized spacial score (nSPS) is 16.3. The Morgan fingerprint density at radius 3 is 2.56 bits per heavy atom. The molecule has 0 aliphatic carbocycles. The molecule has 0 radical (unpaired) electrons. The minimum atomic E-state index is -2.94. The number of ether oxygens (including phenoxy) is 2. The first-order valence-electron chi connectivity index (χ1n) is 8.70. The zero-order valence-electron chi connectivity index (χ0n) is 15.4. The highest BCUT2D eigenvalue weighted by Gasteiger charge is 2.33. The van der Waals surface area contributed by atoms with Crippen molar-refractivity contribution in [2.24, 2.45) is 5.92 Å². The van der Waals surface area contributed by atoms with Crippen LogP contribution < -0.4 is 14.8 Å². The molecule has 1 N–H and O–H groups in total. The van der Waals surface area contributed by atoms with Gasteiger partial charge in [-0.25, -0.2) is 0 Å². The number of nitrogens with one attached hydrogen (secondary N) is 1. The Kier molecular flexibility index (Phi) is 5.48. The smallest absolute Gasteiger partial charge is 0.387 e. The van der Waals surface area contributed by atoms with E-state index < -0.39 is 12.8 Å². The summed E-state index contributed by atoms with van der Waals surface area (Å²) in [4.78, 5) is 14.8. The lowest BCUT2D eigenvalue weighted by molar-refractivity contribution is -0.0512. The molecule has 2 aromatic carbocycles. The lowest BCUT2D eigenvalue weighted by Gasteiger charge is -2.39. The monoisotopic (exact) mass is 376 g/mol. The van der Waals surface area contributed by atoms with Crippen LogP contribution in [0.2, 0.25) is 0 Å². The van der Waals surface area contributed by atoms with Crippen LogP contribution in [0, 0.1) is 5.92 Å². The maximum absolute atomic E-state index is 13.0. The van der Waals surface area contributed by atoms with Gasteiger partial charge in [0.1, 0.15) is 6.17 Å². The molecule has 1 unspecified atom stereocenters. The molecule has 0 bridgehead atoms. The van der Waals surface area contributed by atoms with E-state index in [0.29, 0.717) is 12.1 Å². The maximum atomic E-state index is 13.0. The van der Waals surface area contributed by atoms with Crippen LogP contribution in [-0.4, -0.2) is 31.1 Å². The van der Waals surface area contributed by atoms with Crippen molar-refractivity contribution >= 4 is 11.6 Å². The number of alkyl halides is 2. The molecule has 2 aromatic rings. The summed E-state index contributed by atoms with van der Waals surface area (Å²) in [5.74, 6) is 0.321. The van der Waals surface area contributed by atoms with Gasteiger partial charge in [0.2, 0.25) is 0 Å². The van der Waals surface area contributed by atoms with Crippen molar-refractivity contribution in [1.82, 2.24) is 4.90 Å². The second kappa shape index (κ2) is 7.82. The fourth-order valence-corrected chi connectivity index (χ4v) is 3.19. The molecular weight excluding hydrogens is 354 g/mol. The van der Waals surface area contributed by atoms with E-state index in [-0.39, 0.29) is 23.3 Å². The van der Waals surface area contributed by atoms with E-state index in [2.05, 4.69) is 10.1 Å². The fourth-order valence-electron chi connectivity index (χ4n) is 3.19. The molecule has 1 heterocycles. The lowest BCUT2D eigenvalue weighted by Crippen LogP contribution is -2.44. The fraction of sp³-hybridized carbons (Fsp3) is 0.350. The molecule has 3 rings (SSSR count). The topological polar surface area (TPSA) is 50.8 Å². The number of fused-ring (bicyclic) bond motifs is 1. The lowest BCUT2D eigenvalue weighted by atomic mass is 10.0. The van der Waals surface area contributed by atoms with Crippen molar-refractivity contribution in [1.29, 1.82) is 0 Å². The number of benzene rings is 2. The van der Waals surface area contributed by atoms with Gasteiger partial charge in [-0.05, 0) is 35.7 Å². The first-order chi connectivity index (χ1) is 12.9. The van der Waals surface area contributed by atoms with Gasteiger partial charge in [-0.1, -0.05) is 32.0 Å². The molecule has 7 heteroatoms. The summed E-state index contributed by atoms with van der Waals surface area (Å²) < 4.78 is 34.8. The van der Waals surface area contributed by atoms with Crippen molar-refractivity contribution in [3.8, 4) is 11.5 Å². The van der Waals surface area contributed by atoms with Crippen LogP contribution in [0.1, 0.15) is 35.9 Å². The van der Waals surface area contributed by atoms with E-state index in [9.17, 15) is 13.6 Å². The van der Waals surface area contributed by atoms with Crippen LogP contribution in [0.3, 0.4) is 0 Å². The summed E-state index contributed by atoms with van der Waals surface area (Å²) in [5, 5.41) is 3.37. The molecule has 0 saturated carbocycles.